The van der Waals surface area contributed by atoms with Gasteiger partial charge in [0.1, 0.15) is 30.2 Å². The number of carbonyl (C=O) groups is 9. The standard InChI is InChI=1S/C51H96N14O11/c1-7-9-10-11-12-13-14-15-16-17-18-19-20-25-41(69)58-29-42(70)61-39(31-66)45(72)59-30-43(71)60-36(23-21-26-56-50(52)53)46(73)63-38(28-33(3)4)48(75)62-37(24-22-27-57-51(54)55)47(74)64-40(32-67)49(76)65-44(35(6)68)34(5)8-2/h33-34,36-40,44,66-67H,7-32H2,1-6H3,(H,58,69)(H,59,72)(H,60,71)(H,61,70)(H,62,75)(H,63,73)(H,64,74)(H,65,76)(H4,52,53,56)(H4,54,55,57)/t34-,36-,37-,38-,39-,40-,44-/m0/s1. The van der Waals surface area contributed by atoms with Crippen LogP contribution >= 0.6 is 0 Å². The first-order valence-corrected chi connectivity index (χ1v) is 27.3. The van der Waals surface area contributed by atoms with Crippen LogP contribution in [-0.4, -0.2) is 151 Å². The summed E-state index contributed by atoms with van der Waals surface area (Å²) >= 11 is 0. The Hall–Kier alpha value is -6.11. The summed E-state index contributed by atoms with van der Waals surface area (Å²) in [6.45, 7) is 8.08. The first-order chi connectivity index (χ1) is 36.1. The van der Waals surface area contributed by atoms with Gasteiger partial charge in [-0.3, -0.25) is 54.0 Å². The van der Waals surface area contributed by atoms with Crippen molar-refractivity contribution in [1.29, 1.82) is 10.8 Å². The van der Waals surface area contributed by atoms with Crippen molar-refractivity contribution >= 4 is 65.0 Å². The summed E-state index contributed by atoms with van der Waals surface area (Å²) in [6.07, 6.45) is 16.2. The number of hydrogen-bond donors (Lipinski definition) is 16. The molecule has 0 fully saturated rings. The molecule has 0 saturated heterocycles. The fourth-order valence-electron chi connectivity index (χ4n) is 7.99. The zero-order valence-corrected chi connectivity index (χ0v) is 46.2. The second-order valence-electron chi connectivity index (χ2n) is 19.9. The number of rotatable bonds is 44. The van der Waals surface area contributed by atoms with Crippen LogP contribution in [0.25, 0.3) is 0 Å². The van der Waals surface area contributed by atoms with Crippen molar-refractivity contribution < 1.29 is 53.4 Å². The van der Waals surface area contributed by atoms with E-state index >= 15 is 0 Å². The molecule has 436 valence electrons. The molecule has 7 atom stereocenters. The van der Waals surface area contributed by atoms with E-state index in [0.717, 1.165) is 19.3 Å². The van der Waals surface area contributed by atoms with Gasteiger partial charge in [0.2, 0.25) is 47.3 Å². The van der Waals surface area contributed by atoms with Crippen LogP contribution in [0.2, 0.25) is 0 Å². The normalized spacial score (nSPS) is 13.8. The second kappa shape index (κ2) is 42.1. The minimum atomic E-state index is -1.51. The van der Waals surface area contributed by atoms with Crippen molar-refractivity contribution in [2.24, 2.45) is 23.3 Å². The van der Waals surface area contributed by atoms with Gasteiger partial charge in [0, 0.05) is 19.5 Å². The van der Waals surface area contributed by atoms with Gasteiger partial charge >= 0.3 is 0 Å². The van der Waals surface area contributed by atoms with Crippen LogP contribution in [0, 0.1) is 22.7 Å². The second-order valence-corrected chi connectivity index (χ2v) is 19.9. The molecule has 25 heteroatoms. The fourth-order valence-corrected chi connectivity index (χ4v) is 7.99. The lowest BCUT2D eigenvalue weighted by molar-refractivity contribution is -0.136. The van der Waals surface area contributed by atoms with Crippen molar-refractivity contribution in [2.45, 2.75) is 206 Å². The molecule has 0 rings (SSSR count). The molecule has 8 amide bonds. The van der Waals surface area contributed by atoms with E-state index in [1.165, 1.54) is 64.7 Å². The zero-order valence-electron chi connectivity index (χ0n) is 46.2. The van der Waals surface area contributed by atoms with Gasteiger partial charge in [-0.1, -0.05) is 118 Å². The predicted octanol–water partition coefficient (Wildman–Crippen LogP) is -0.199. The highest BCUT2D eigenvalue weighted by atomic mass is 16.3. The highest BCUT2D eigenvalue weighted by Crippen LogP contribution is 2.14. The lowest BCUT2D eigenvalue weighted by Crippen LogP contribution is -2.60. The number of guanidine groups is 2. The number of aliphatic hydroxyl groups is 2. The summed E-state index contributed by atoms with van der Waals surface area (Å²) in [4.78, 5) is 118. The molecule has 0 bridgehead atoms. The molecule has 25 nitrogen and oxygen atoms in total. The Labute approximate surface area is 450 Å². The molecule has 0 saturated carbocycles. The largest absolute Gasteiger partial charge is 0.394 e. The Morgan fingerprint density at radius 2 is 0.855 bits per heavy atom. The van der Waals surface area contributed by atoms with Crippen LogP contribution < -0.4 is 64.6 Å². The summed E-state index contributed by atoms with van der Waals surface area (Å²) in [7, 11) is 0. The number of unbranched alkanes of at least 4 members (excludes halogenated alkanes) is 12. The first-order valence-electron chi connectivity index (χ1n) is 27.3. The molecular formula is C51H96N14O11. The minimum Gasteiger partial charge on any atom is -0.394 e. The zero-order chi connectivity index (χ0) is 57.4. The fraction of sp³-hybridized carbons (Fsp3) is 0.784. The van der Waals surface area contributed by atoms with E-state index in [1.54, 1.807) is 20.8 Å². The third-order valence-corrected chi connectivity index (χ3v) is 12.6. The van der Waals surface area contributed by atoms with Crippen LogP contribution in [0.4, 0.5) is 0 Å². The number of hydrogen-bond acceptors (Lipinski definition) is 13. The van der Waals surface area contributed by atoms with Gasteiger partial charge in [-0.15, -0.1) is 0 Å². The lowest BCUT2D eigenvalue weighted by atomic mass is 9.96. The molecule has 0 heterocycles. The van der Waals surface area contributed by atoms with Gasteiger partial charge < -0.3 is 74.8 Å². The minimum absolute atomic E-state index is 0.0432. The van der Waals surface area contributed by atoms with E-state index < -0.39 is 104 Å². The third kappa shape index (κ3) is 33.7. The molecular weight excluding hydrogens is 985 g/mol. The highest BCUT2D eigenvalue weighted by molar-refractivity contribution is 5.97. The van der Waals surface area contributed by atoms with Crippen molar-refractivity contribution in [3.05, 3.63) is 0 Å². The molecule has 76 heavy (non-hydrogen) atoms. The number of carbonyl (C=O) groups excluding carboxylic acids is 9. The average Bonchev–Trinajstić information content (AvgIpc) is 3.36. The average molecular weight is 1080 g/mol. The van der Waals surface area contributed by atoms with Gasteiger partial charge in [-0.25, -0.2) is 0 Å². The molecule has 0 aromatic rings. The number of nitrogens with one attached hydrogen (secondary N) is 12. The van der Waals surface area contributed by atoms with Crippen LogP contribution in [0.15, 0.2) is 0 Å². The molecule has 0 unspecified atom stereocenters. The third-order valence-electron chi connectivity index (χ3n) is 12.6. The molecule has 18 N–H and O–H groups in total. The Balaban J connectivity index is 5.71. The molecule has 0 radical (unpaired) electrons. The van der Waals surface area contributed by atoms with Crippen LogP contribution in [0.5, 0.6) is 0 Å². The maximum Gasteiger partial charge on any atom is 0.245 e. The summed E-state index contributed by atoms with van der Waals surface area (Å²) in [6, 6.07) is -7.86. The quantitative estimate of drug-likeness (QED) is 0.0214. The Morgan fingerprint density at radius 3 is 1.30 bits per heavy atom. The van der Waals surface area contributed by atoms with Gasteiger partial charge in [0.15, 0.2) is 17.7 Å². The van der Waals surface area contributed by atoms with E-state index in [-0.39, 0.29) is 87.1 Å². The van der Waals surface area contributed by atoms with Gasteiger partial charge in [-0.05, 0) is 57.3 Å². The van der Waals surface area contributed by atoms with E-state index in [1.807, 2.05) is 6.92 Å². The van der Waals surface area contributed by atoms with E-state index in [0.29, 0.717) is 12.8 Å². The molecule has 0 aliphatic carbocycles. The summed E-state index contributed by atoms with van der Waals surface area (Å²) < 4.78 is 0. The maximum atomic E-state index is 14.0. The summed E-state index contributed by atoms with van der Waals surface area (Å²) in [5.41, 5.74) is 10.8. The molecule has 0 aromatic heterocycles. The molecule has 0 aliphatic heterocycles. The molecule has 0 aromatic carbocycles. The smallest absolute Gasteiger partial charge is 0.245 e. The number of nitrogens with two attached hydrogens (primary N) is 2. The van der Waals surface area contributed by atoms with Gasteiger partial charge in [0.25, 0.3) is 0 Å². The topological polar surface area (TPSA) is 414 Å². The highest BCUT2D eigenvalue weighted by Gasteiger charge is 2.33. The van der Waals surface area contributed by atoms with E-state index in [4.69, 9.17) is 22.3 Å². The maximum absolute atomic E-state index is 14.0. The van der Waals surface area contributed by atoms with Crippen molar-refractivity contribution in [3.63, 3.8) is 0 Å². The number of amides is 8. The number of Topliss-reactive ketones (excluding diaryl/α,β-unsaturated/α-hetero) is 1. The lowest BCUT2D eigenvalue weighted by Gasteiger charge is -2.28. The first kappa shape index (κ1) is 69.9. The van der Waals surface area contributed by atoms with Gasteiger partial charge in [0.05, 0.1) is 32.3 Å². The van der Waals surface area contributed by atoms with Gasteiger partial charge in [-0.2, -0.15) is 0 Å². The van der Waals surface area contributed by atoms with Crippen molar-refractivity contribution in [3.8, 4) is 0 Å². The van der Waals surface area contributed by atoms with E-state index in [9.17, 15) is 53.4 Å². The monoisotopic (exact) mass is 1080 g/mol. The van der Waals surface area contributed by atoms with Crippen LogP contribution in [0.1, 0.15) is 170 Å². The van der Waals surface area contributed by atoms with E-state index in [2.05, 4.69) is 60.1 Å². The number of aliphatic hydroxyl groups excluding tert-OH is 2. The number of ketones is 1. The summed E-state index contributed by atoms with van der Waals surface area (Å²) in [5, 5.41) is 60.0. The molecule has 0 aliphatic rings. The Bertz CT molecular complexity index is 1810. The Morgan fingerprint density at radius 1 is 0.461 bits per heavy atom. The Kier molecular flexibility index (Phi) is 38.7. The van der Waals surface area contributed by atoms with Crippen molar-refractivity contribution in [2.75, 3.05) is 39.4 Å². The van der Waals surface area contributed by atoms with Crippen molar-refractivity contribution in [1.82, 2.24) is 53.2 Å². The van der Waals surface area contributed by atoms with Crippen LogP contribution in [0.3, 0.4) is 0 Å². The SMILES string of the molecule is CCCCCCCCCCCCCCCC(=O)NCC(=O)N[C@@H](CO)C(=O)NCC(=O)N[C@@H](CCCNC(=N)N)C(=O)N[C@@H](CC(C)C)C(=O)N[C@@H](CCCNC(=N)N)C(=O)N[C@@H](CO)C(=O)N[C@H](C(C)=O)[C@@H](C)CC. The predicted molar refractivity (Wildman–Crippen MR) is 290 cm³/mol. The van der Waals surface area contributed by atoms with Crippen LogP contribution in [-0.2, 0) is 43.2 Å². The summed E-state index contributed by atoms with van der Waals surface area (Å²) in [5.74, 6) is -7.68. The molecule has 0 spiro atoms.